The summed E-state index contributed by atoms with van der Waals surface area (Å²) < 4.78 is 1.21. The van der Waals surface area contributed by atoms with Gasteiger partial charge in [0, 0.05) is 9.26 Å². The Bertz CT molecular complexity index is 245. The minimum atomic E-state index is 0.929. The van der Waals surface area contributed by atoms with Gasteiger partial charge in [-0.15, -0.1) is 0 Å². The van der Waals surface area contributed by atoms with Crippen molar-refractivity contribution in [3.05, 3.63) is 27.3 Å². The van der Waals surface area contributed by atoms with Crippen molar-refractivity contribution in [2.24, 2.45) is 0 Å². The molecule has 0 fully saturated rings. The SMILES string of the molecule is CCCc1ccc(I)cc1N. The number of aryl methyl sites for hydroxylation is 1. The molecular weight excluding hydrogens is 249 g/mol. The number of hydrogen-bond donors (Lipinski definition) is 1. The fourth-order valence-corrected chi connectivity index (χ4v) is 1.58. The monoisotopic (exact) mass is 261 g/mol. The fourth-order valence-electron chi connectivity index (χ4n) is 1.06. The van der Waals surface area contributed by atoms with Gasteiger partial charge in [-0.1, -0.05) is 19.4 Å². The number of rotatable bonds is 2. The van der Waals surface area contributed by atoms with Crippen molar-refractivity contribution in [2.45, 2.75) is 19.8 Å². The zero-order valence-corrected chi connectivity index (χ0v) is 8.76. The van der Waals surface area contributed by atoms with Crippen LogP contribution in [-0.2, 0) is 6.42 Å². The summed E-state index contributed by atoms with van der Waals surface area (Å²) in [5, 5.41) is 0. The Kier molecular flexibility index (Phi) is 3.17. The summed E-state index contributed by atoms with van der Waals surface area (Å²) in [6.45, 7) is 2.16. The van der Waals surface area contributed by atoms with Crippen LogP contribution in [-0.4, -0.2) is 0 Å². The standard InChI is InChI=1S/C9H12IN/c1-2-3-7-4-5-8(10)6-9(7)11/h4-6H,2-3,11H2,1H3. The molecule has 60 valence electrons. The molecule has 1 aromatic rings. The van der Waals surface area contributed by atoms with E-state index in [2.05, 4.69) is 41.6 Å². The topological polar surface area (TPSA) is 26.0 Å². The van der Waals surface area contributed by atoms with Crippen molar-refractivity contribution < 1.29 is 0 Å². The normalized spacial score (nSPS) is 10.0. The Labute approximate surface area is 81.1 Å². The fraction of sp³-hybridized carbons (Fsp3) is 0.333. The van der Waals surface area contributed by atoms with E-state index >= 15 is 0 Å². The number of hydrogen-bond acceptors (Lipinski definition) is 1. The molecule has 0 saturated heterocycles. The first-order valence-corrected chi connectivity index (χ1v) is 4.86. The molecule has 0 saturated carbocycles. The van der Waals surface area contributed by atoms with E-state index in [1.54, 1.807) is 0 Å². The summed E-state index contributed by atoms with van der Waals surface area (Å²) in [4.78, 5) is 0. The van der Waals surface area contributed by atoms with Crippen molar-refractivity contribution in [1.82, 2.24) is 0 Å². The predicted octanol–water partition coefficient (Wildman–Crippen LogP) is 2.83. The van der Waals surface area contributed by atoms with Crippen molar-refractivity contribution in [1.29, 1.82) is 0 Å². The van der Waals surface area contributed by atoms with E-state index in [-0.39, 0.29) is 0 Å². The molecule has 0 aliphatic heterocycles. The molecule has 0 bridgehead atoms. The molecule has 0 heterocycles. The molecule has 1 aromatic carbocycles. The number of nitrogen functional groups attached to an aromatic ring is 1. The van der Waals surface area contributed by atoms with Gasteiger partial charge >= 0.3 is 0 Å². The van der Waals surface area contributed by atoms with Crippen LogP contribution in [0.1, 0.15) is 18.9 Å². The van der Waals surface area contributed by atoms with Crippen LogP contribution < -0.4 is 5.73 Å². The van der Waals surface area contributed by atoms with Crippen LogP contribution in [0.3, 0.4) is 0 Å². The van der Waals surface area contributed by atoms with Gasteiger partial charge in [0.15, 0.2) is 0 Å². The van der Waals surface area contributed by atoms with E-state index in [0.717, 1.165) is 18.5 Å². The highest BCUT2D eigenvalue weighted by Crippen LogP contribution is 2.16. The van der Waals surface area contributed by atoms with E-state index in [1.807, 2.05) is 6.07 Å². The molecule has 0 unspecified atom stereocenters. The lowest BCUT2D eigenvalue weighted by molar-refractivity contribution is 0.924. The maximum absolute atomic E-state index is 5.80. The zero-order chi connectivity index (χ0) is 8.27. The van der Waals surface area contributed by atoms with Crippen LogP contribution in [0.2, 0.25) is 0 Å². The number of nitrogens with two attached hydrogens (primary N) is 1. The maximum Gasteiger partial charge on any atom is 0.0357 e. The van der Waals surface area contributed by atoms with Crippen molar-refractivity contribution in [3.8, 4) is 0 Å². The van der Waals surface area contributed by atoms with E-state index in [4.69, 9.17) is 5.73 Å². The van der Waals surface area contributed by atoms with Gasteiger partial charge in [-0.2, -0.15) is 0 Å². The Morgan fingerprint density at radius 1 is 1.45 bits per heavy atom. The Hall–Kier alpha value is -0.250. The van der Waals surface area contributed by atoms with Gasteiger partial charge in [-0.05, 0) is 46.7 Å². The van der Waals surface area contributed by atoms with Crippen LogP contribution in [0.5, 0.6) is 0 Å². The van der Waals surface area contributed by atoms with Crippen LogP contribution in [0, 0.1) is 3.57 Å². The number of halogens is 1. The molecule has 0 aromatic heterocycles. The number of anilines is 1. The second-order valence-corrected chi connectivity index (χ2v) is 3.84. The molecule has 0 aliphatic carbocycles. The molecule has 11 heavy (non-hydrogen) atoms. The maximum atomic E-state index is 5.80. The highest BCUT2D eigenvalue weighted by molar-refractivity contribution is 14.1. The van der Waals surface area contributed by atoms with E-state index < -0.39 is 0 Å². The molecule has 0 radical (unpaired) electrons. The van der Waals surface area contributed by atoms with Gasteiger partial charge in [0.2, 0.25) is 0 Å². The molecule has 0 atom stereocenters. The summed E-state index contributed by atoms with van der Waals surface area (Å²) in [6.07, 6.45) is 2.24. The average molecular weight is 261 g/mol. The molecule has 2 heteroatoms. The largest absolute Gasteiger partial charge is 0.398 e. The Morgan fingerprint density at radius 3 is 2.73 bits per heavy atom. The predicted molar refractivity (Wildman–Crippen MR) is 57.6 cm³/mol. The third-order valence-electron chi connectivity index (χ3n) is 1.63. The molecule has 2 N–H and O–H groups in total. The highest BCUT2D eigenvalue weighted by Gasteiger charge is 1.96. The van der Waals surface area contributed by atoms with Gasteiger partial charge in [0.05, 0.1) is 0 Å². The first-order chi connectivity index (χ1) is 5.24. The first-order valence-electron chi connectivity index (χ1n) is 3.78. The molecule has 0 aliphatic rings. The molecule has 1 nitrogen and oxygen atoms in total. The van der Waals surface area contributed by atoms with Gasteiger partial charge in [0.1, 0.15) is 0 Å². The summed E-state index contributed by atoms with van der Waals surface area (Å²) in [6, 6.07) is 6.23. The Balaban J connectivity index is 2.90. The second kappa shape index (κ2) is 3.95. The third-order valence-corrected chi connectivity index (χ3v) is 2.30. The Morgan fingerprint density at radius 2 is 2.18 bits per heavy atom. The smallest absolute Gasteiger partial charge is 0.0357 e. The summed E-state index contributed by atoms with van der Waals surface area (Å²) in [5.41, 5.74) is 8.00. The zero-order valence-electron chi connectivity index (χ0n) is 6.60. The molecule has 0 amide bonds. The minimum Gasteiger partial charge on any atom is -0.398 e. The van der Waals surface area contributed by atoms with Crippen LogP contribution in [0.15, 0.2) is 18.2 Å². The number of benzene rings is 1. The lowest BCUT2D eigenvalue weighted by Crippen LogP contribution is -1.93. The molecule has 0 spiro atoms. The highest BCUT2D eigenvalue weighted by atomic mass is 127. The summed E-state index contributed by atoms with van der Waals surface area (Å²) in [5.74, 6) is 0. The third kappa shape index (κ3) is 2.36. The van der Waals surface area contributed by atoms with Crippen LogP contribution >= 0.6 is 22.6 Å². The van der Waals surface area contributed by atoms with Crippen LogP contribution in [0.25, 0.3) is 0 Å². The van der Waals surface area contributed by atoms with E-state index in [0.29, 0.717) is 0 Å². The lowest BCUT2D eigenvalue weighted by atomic mass is 10.1. The van der Waals surface area contributed by atoms with Gasteiger partial charge in [-0.25, -0.2) is 0 Å². The average Bonchev–Trinajstić information content (AvgIpc) is 1.95. The van der Waals surface area contributed by atoms with Gasteiger partial charge in [0.25, 0.3) is 0 Å². The van der Waals surface area contributed by atoms with Gasteiger partial charge in [-0.3, -0.25) is 0 Å². The van der Waals surface area contributed by atoms with Gasteiger partial charge < -0.3 is 5.73 Å². The summed E-state index contributed by atoms with van der Waals surface area (Å²) >= 11 is 2.27. The van der Waals surface area contributed by atoms with E-state index in [1.165, 1.54) is 9.13 Å². The van der Waals surface area contributed by atoms with Crippen molar-refractivity contribution in [2.75, 3.05) is 5.73 Å². The molecular formula is C9H12IN. The first kappa shape index (κ1) is 8.84. The quantitative estimate of drug-likeness (QED) is 0.643. The molecule has 1 rings (SSSR count). The lowest BCUT2D eigenvalue weighted by Gasteiger charge is -2.03. The van der Waals surface area contributed by atoms with Crippen molar-refractivity contribution >= 4 is 28.3 Å². The van der Waals surface area contributed by atoms with Crippen LogP contribution in [0.4, 0.5) is 5.69 Å². The minimum absolute atomic E-state index is 0.929. The van der Waals surface area contributed by atoms with E-state index in [9.17, 15) is 0 Å². The second-order valence-electron chi connectivity index (χ2n) is 2.59. The summed E-state index contributed by atoms with van der Waals surface area (Å²) in [7, 11) is 0. The van der Waals surface area contributed by atoms with Crippen molar-refractivity contribution in [3.63, 3.8) is 0 Å².